The van der Waals surface area contributed by atoms with Crippen molar-refractivity contribution in [3.63, 3.8) is 0 Å². The fourth-order valence-corrected chi connectivity index (χ4v) is 1.97. The van der Waals surface area contributed by atoms with Crippen molar-refractivity contribution in [3.05, 3.63) is 0 Å². The predicted octanol–water partition coefficient (Wildman–Crippen LogP) is 0.417. The van der Waals surface area contributed by atoms with E-state index in [-0.39, 0.29) is 18.9 Å². The number of nitrogens with one attached hydrogen (secondary N) is 3. The normalized spacial score (nSPS) is 22.9. The Morgan fingerprint density at radius 2 is 1.95 bits per heavy atom. The molecule has 1 aliphatic heterocycles. The van der Waals surface area contributed by atoms with Crippen LogP contribution in [0.4, 0.5) is 13.2 Å². The number of rotatable bonds is 5. The van der Waals surface area contributed by atoms with E-state index < -0.39 is 36.5 Å². The second-order valence-electron chi connectivity index (χ2n) is 5.39. The molecule has 1 saturated heterocycles. The second kappa shape index (κ2) is 6.43. The summed E-state index contributed by atoms with van der Waals surface area (Å²) >= 11 is 0. The van der Waals surface area contributed by atoms with Crippen LogP contribution >= 0.6 is 0 Å². The number of alkyl halides is 3. The molecule has 1 rings (SSSR count). The van der Waals surface area contributed by atoms with Crippen LogP contribution in [0.25, 0.3) is 0 Å². The summed E-state index contributed by atoms with van der Waals surface area (Å²) in [4.78, 5) is 23.2. The molecule has 0 bridgehead atoms. The molecule has 0 radical (unpaired) electrons. The molecule has 0 aromatic rings. The van der Waals surface area contributed by atoms with E-state index >= 15 is 0 Å². The molecular weight excluding hydrogens is 275 g/mol. The van der Waals surface area contributed by atoms with E-state index in [1.165, 1.54) is 0 Å². The van der Waals surface area contributed by atoms with Crippen molar-refractivity contribution in [2.75, 3.05) is 26.2 Å². The van der Waals surface area contributed by atoms with Crippen LogP contribution in [0.15, 0.2) is 0 Å². The van der Waals surface area contributed by atoms with Crippen LogP contribution in [-0.2, 0) is 9.59 Å². The first-order valence-corrected chi connectivity index (χ1v) is 6.51. The van der Waals surface area contributed by atoms with Gasteiger partial charge in [0.1, 0.15) is 0 Å². The molecule has 0 spiro atoms. The summed E-state index contributed by atoms with van der Waals surface area (Å²) in [6.45, 7) is 3.44. The standard InChI is InChI=1S/C12H20F3N3O2/c1-8(2)5-17-9(19)6-18-10(20)11(12(13,14)15)3-4-16-7-11/h8,16H,3-7H2,1-2H3,(H,17,19)(H,18,20). The fraction of sp³-hybridized carbons (Fsp3) is 0.833. The van der Waals surface area contributed by atoms with Crippen molar-refractivity contribution < 1.29 is 22.8 Å². The molecule has 0 aliphatic carbocycles. The molecular formula is C12H20F3N3O2. The van der Waals surface area contributed by atoms with Crippen LogP contribution < -0.4 is 16.0 Å². The van der Waals surface area contributed by atoms with Gasteiger partial charge in [-0.25, -0.2) is 0 Å². The highest BCUT2D eigenvalue weighted by atomic mass is 19.4. The van der Waals surface area contributed by atoms with E-state index in [0.717, 1.165) is 0 Å². The summed E-state index contributed by atoms with van der Waals surface area (Å²) in [5, 5.41) is 7.16. The SMILES string of the molecule is CC(C)CNC(=O)CNC(=O)C1(C(F)(F)F)CCNC1. The van der Waals surface area contributed by atoms with E-state index in [9.17, 15) is 22.8 Å². The quantitative estimate of drug-likeness (QED) is 0.688. The fourth-order valence-electron chi connectivity index (χ4n) is 1.97. The van der Waals surface area contributed by atoms with Gasteiger partial charge in [0.2, 0.25) is 11.8 Å². The molecule has 1 atom stereocenters. The molecule has 1 heterocycles. The Balaban J connectivity index is 2.54. The number of amides is 2. The summed E-state index contributed by atoms with van der Waals surface area (Å²) in [6.07, 6.45) is -4.94. The summed E-state index contributed by atoms with van der Waals surface area (Å²) in [7, 11) is 0. The van der Waals surface area contributed by atoms with Gasteiger partial charge in [-0.15, -0.1) is 0 Å². The van der Waals surface area contributed by atoms with Crippen LogP contribution in [0.2, 0.25) is 0 Å². The van der Waals surface area contributed by atoms with Gasteiger partial charge in [-0.2, -0.15) is 13.2 Å². The lowest BCUT2D eigenvalue weighted by atomic mass is 9.85. The zero-order chi connectivity index (χ0) is 15.4. The molecule has 8 heteroatoms. The molecule has 0 aromatic carbocycles. The minimum Gasteiger partial charge on any atom is -0.354 e. The lowest BCUT2D eigenvalue weighted by Gasteiger charge is -2.29. The molecule has 20 heavy (non-hydrogen) atoms. The van der Waals surface area contributed by atoms with Gasteiger partial charge >= 0.3 is 6.18 Å². The van der Waals surface area contributed by atoms with Crippen LogP contribution in [-0.4, -0.2) is 44.2 Å². The zero-order valence-corrected chi connectivity index (χ0v) is 11.6. The Bertz CT molecular complexity index is 363. The smallest absolute Gasteiger partial charge is 0.354 e. The van der Waals surface area contributed by atoms with E-state index in [0.29, 0.717) is 6.54 Å². The Morgan fingerprint density at radius 1 is 1.30 bits per heavy atom. The van der Waals surface area contributed by atoms with Crippen LogP contribution in [0.5, 0.6) is 0 Å². The average molecular weight is 295 g/mol. The van der Waals surface area contributed by atoms with Crippen LogP contribution in [0, 0.1) is 11.3 Å². The van der Waals surface area contributed by atoms with E-state index in [2.05, 4.69) is 16.0 Å². The van der Waals surface area contributed by atoms with Crippen molar-refractivity contribution in [1.29, 1.82) is 0 Å². The van der Waals surface area contributed by atoms with Crippen LogP contribution in [0.3, 0.4) is 0 Å². The Hall–Kier alpha value is -1.31. The summed E-state index contributed by atoms with van der Waals surface area (Å²) in [5.41, 5.74) is -2.43. The largest absolute Gasteiger partial charge is 0.404 e. The molecule has 3 N–H and O–H groups in total. The number of carbonyl (C=O) groups excluding carboxylic acids is 2. The minimum atomic E-state index is -4.63. The van der Waals surface area contributed by atoms with Crippen LogP contribution in [0.1, 0.15) is 20.3 Å². The number of hydrogen-bond donors (Lipinski definition) is 3. The summed E-state index contributed by atoms with van der Waals surface area (Å²) < 4.78 is 39.1. The summed E-state index contributed by atoms with van der Waals surface area (Å²) in [5.74, 6) is -1.40. The maximum atomic E-state index is 13.0. The third-order valence-corrected chi connectivity index (χ3v) is 3.25. The van der Waals surface area contributed by atoms with Gasteiger partial charge in [-0.1, -0.05) is 13.8 Å². The Labute approximate surface area is 115 Å². The summed E-state index contributed by atoms with van der Waals surface area (Å²) in [6, 6.07) is 0. The molecule has 5 nitrogen and oxygen atoms in total. The molecule has 2 amide bonds. The van der Waals surface area contributed by atoms with Gasteiger partial charge in [0.05, 0.1) is 6.54 Å². The first-order chi connectivity index (χ1) is 9.19. The van der Waals surface area contributed by atoms with Gasteiger partial charge in [0.25, 0.3) is 0 Å². The minimum absolute atomic E-state index is 0.131. The molecule has 1 aliphatic rings. The topological polar surface area (TPSA) is 70.2 Å². The van der Waals surface area contributed by atoms with Crippen molar-refractivity contribution in [3.8, 4) is 0 Å². The lowest BCUT2D eigenvalue weighted by molar-refractivity contribution is -0.216. The van der Waals surface area contributed by atoms with Gasteiger partial charge in [0.15, 0.2) is 5.41 Å². The average Bonchev–Trinajstić information content (AvgIpc) is 2.83. The van der Waals surface area contributed by atoms with Gasteiger partial charge < -0.3 is 16.0 Å². The Kier molecular flexibility index (Phi) is 5.38. The number of halogens is 3. The molecule has 1 fully saturated rings. The predicted molar refractivity (Wildman–Crippen MR) is 66.8 cm³/mol. The molecule has 0 aromatic heterocycles. The molecule has 1 unspecified atom stereocenters. The van der Waals surface area contributed by atoms with Crippen molar-refractivity contribution in [2.45, 2.75) is 26.4 Å². The highest BCUT2D eigenvalue weighted by Gasteiger charge is 2.61. The van der Waals surface area contributed by atoms with Gasteiger partial charge in [-0.3, -0.25) is 9.59 Å². The van der Waals surface area contributed by atoms with Gasteiger partial charge in [0, 0.05) is 13.1 Å². The first kappa shape index (κ1) is 16.7. The molecule has 116 valence electrons. The van der Waals surface area contributed by atoms with E-state index in [4.69, 9.17) is 0 Å². The lowest BCUT2D eigenvalue weighted by Crippen LogP contribution is -2.53. The zero-order valence-electron chi connectivity index (χ0n) is 11.6. The Morgan fingerprint density at radius 3 is 2.40 bits per heavy atom. The van der Waals surface area contributed by atoms with Crippen molar-refractivity contribution in [2.24, 2.45) is 11.3 Å². The highest BCUT2D eigenvalue weighted by molar-refractivity contribution is 5.88. The number of carbonyl (C=O) groups is 2. The monoisotopic (exact) mass is 295 g/mol. The van der Waals surface area contributed by atoms with E-state index in [1.807, 2.05) is 13.8 Å². The van der Waals surface area contributed by atoms with E-state index in [1.54, 1.807) is 0 Å². The third kappa shape index (κ3) is 3.84. The first-order valence-electron chi connectivity index (χ1n) is 6.51. The number of hydrogen-bond acceptors (Lipinski definition) is 3. The third-order valence-electron chi connectivity index (χ3n) is 3.25. The van der Waals surface area contributed by atoms with Gasteiger partial charge in [-0.05, 0) is 18.9 Å². The maximum Gasteiger partial charge on any atom is 0.404 e. The van der Waals surface area contributed by atoms with Crippen molar-refractivity contribution in [1.82, 2.24) is 16.0 Å². The highest BCUT2D eigenvalue weighted by Crippen LogP contribution is 2.43. The molecule has 0 saturated carbocycles. The van der Waals surface area contributed by atoms with Crippen molar-refractivity contribution >= 4 is 11.8 Å². The second-order valence-corrected chi connectivity index (χ2v) is 5.39. The maximum absolute atomic E-state index is 13.0.